The van der Waals surface area contributed by atoms with Gasteiger partial charge < -0.3 is 9.67 Å². The summed E-state index contributed by atoms with van der Waals surface area (Å²) in [6.45, 7) is 3.65. The molecular weight excluding hydrogens is 158 g/mol. The standard InChI is InChI=1S/C7H11N3O2/c1-7(2,3-6(11)12)10-4-8-9-5-10/h4-5H,3H2,1-2H3,(H,11,12). The van der Waals surface area contributed by atoms with Crippen LogP contribution in [-0.4, -0.2) is 25.8 Å². The number of rotatable bonds is 3. The molecule has 12 heavy (non-hydrogen) atoms. The number of aliphatic carboxylic acids is 1. The van der Waals surface area contributed by atoms with Crippen LogP contribution in [0.3, 0.4) is 0 Å². The normalized spacial score (nSPS) is 11.5. The number of nitrogens with zero attached hydrogens (tertiary/aromatic N) is 3. The molecule has 0 aromatic carbocycles. The lowest BCUT2D eigenvalue weighted by atomic mass is 10.0. The summed E-state index contributed by atoms with van der Waals surface area (Å²) in [5, 5.41) is 15.8. The molecule has 0 radical (unpaired) electrons. The zero-order valence-corrected chi connectivity index (χ0v) is 7.06. The van der Waals surface area contributed by atoms with Gasteiger partial charge in [-0.2, -0.15) is 0 Å². The van der Waals surface area contributed by atoms with E-state index in [-0.39, 0.29) is 6.42 Å². The Balaban J connectivity index is 2.79. The highest BCUT2D eigenvalue weighted by Crippen LogP contribution is 2.17. The van der Waals surface area contributed by atoms with Crippen molar-refractivity contribution in [3.05, 3.63) is 12.7 Å². The molecular formula is C7H11N3O2. The van der Waals surface area contributed by atoms with E-state index in [2.05, 4.69) is 10.2 Å². The highest BCUT2D eigenvalue weighted by atomic mass is 16.4. The number of hydrogen-bond acceptors (Lipinski definition) is 3. The molecule has 0 spiro atoms. The van der Waals surface area contributed by atoms with Gasteiger partial charge >= 0.3 is 5.97 Å². The second-order valence-corrected chi connectivity index (χ2v) is 3.25. The van der Waals surface area contributed by atoms with Crippen LogP contribution in [0.4, 0.5) is 0 Å². The number of carbonyl (C=O) groups is 1. The fourth-order valence-electron chi connectivity index (χ4n) is 0.975. The van der Waals surface area contributed by atoms with Crippen LogP contribution >= 0.6 is 0 Å². The molecule has 0 bridgehead atoms. The third kappa shape index (κ3) is 1.81. The molecule has 1 heterocycles. The predicted molar refractivity (Wildman–Crippen MR) is 41.6 cm³/mol. The van der Waals surface area contributed by atoms with E-state index in [4.69, 9.17) is 5.11 Å². The highest BCUT2D eigenvalue weighted by Gasteiger charge is 2.23. The smallest absolute Gasteiger partial charge is 0.305 e. The number of hydrogen-bond donors (Lipinski definition) is 1. The van der Waals surface area contributed by atoms with Gasteiger partial charge in [0.1, 0.15) is 12.7 Å². The van der Waals surface area contributed by atoms with Crippen LogP contribution in [0.25, 0.3) is 0 Å². The Morgan fingerprint density at radius 1 is 1.50 bits per heavy atom. The Morgan fingerprint density at radius 3 is 2.42 bits per heavy atom. The molecule has 0 aliphatic carbocycles. The van der Waals surface area contributed by atoms with Crippen molar-refractivity contribution in [3.8, 4) is 0 Å². The van der Waals surface area contributed by atoms with Gasteiger partial charge in [0.15, 0.2) is 0 Å². The zero-order chi connectivity index (χ0) is 9.19. The first-order valence-corrected chi connectivity index (χ1v) is 3.59. The Kier molecular flexibility index (Phi) is 2.12. The van der Waals surface area contributed by atoms with Crippen molar-refractivity contribution in [2.24, 2.45) is 0 Å². The highest BCUT2D eigenvalue weighted by molar-refractivity contribution is 5.67. The molecule has 5 heteroatoms. The second kappa shape index (κ2) is 2.92. The largest absolute Gasteiger partial charge is 0.481 e. The molecule has 0 atom stereocenters. The van der Waals surface area contributed by atoms with Crippen molar-refractivity contribution in [3.63, 3.8) is 0 Å². The molecule has 0 aliphatic heterocycles. The first-order chi connectivity index (χ1) is 5.52. The predicted octanol–water partition coefficient (Wildman–Crippen LogP) is 0.488. The van der Waals surface area contributed by atoms with Gasteiger partial charge in [0.2, 0.25) is 0 Å². The Labute approximate surface area is 70.0 Å². The van der Waals surface area contributed by atoms with Gasteiger partial charge in [0.05, 0.1) is 12.0 Å². The topological polar surface area (TPSA) is 68.0 Å². The van der Waals surface area contributed by atoms with Crippen LogP contribution < -0.4 is 0 Å². The van der Waals surface area contributed by atoms with E-state index in [1.54, 1.807) is 4.57 Å². The molecule has 5 nitrogen and oxygen atoms in total. The van der Waals surface area contributed by atoms with E-state index in [0.29, 0.717) is 0 Å². The minimum atomic E-state index is -0.825. The van der Waals surface area contributed by atoms with Gasteiger partial charge in [-0.1, -0.05) is 0 Å². The van der Waals surface area contributed by atoms with Crippen molar-refractivity contribution in [1.29, 1.82) is 0 Å². The van der Waals surface area contributed by atoms with Crippen molar-refractivity contribution in [2.45, 2.75) is 25.8 Å². The van der Waals surface area contributed by atoms with E-state index >= 15 is 0 Å². The van der Waals surface area contributed by atoms with Crippen molar-refractivity contribution < 1.29 is 9.90 Å². The SMILES string of the molecule is CC(C)(CC(=O)O)n1cnnc1. The van der Waals surface area contributed by atoms with Gasteiger partial charge in [-0.15, -0.1) is 10.2 Å². The van der Waals surface area contributed by atoms with Crippen molar-refractivity contribution in [2.75, 3.05) is 0 Å². The maximum Gasteiger partial charge on any atom is 0.305 e. The Bertz CT molecular complexity index is 266. The van der Waals surface area contributed by atoms with Crippen molar-refractivity contribution >= 4 is 5.97 Å². The molecule has 1 aromatic rings. The molecule has 66 valence electrons. The molecule has 0 amide bonds. The molecule has 1 N–H and O–H groups in total. The van der Waals surface area contributed by atoms with Crippen LogP contribution in [0, 0.1) is 0 Å². The molecule has 0 saturated heterocycles. The molecule has 1 rings (SSSR count). The summed E-state index contributed by atoms with van der Waals surface area (Å²) in [6.07, 6.45) is 3.09. The minimum Gasteiger partial charge on any atom is -0.481 e. The zero-order valence-electron chi connectivity index (χ0n) is 7.06. The first kappa shape index (κ1) is 8.70. The summed E-state index contributed by atoms with van der Waals surface area (Å²) in [5.41, 5.74) is -0.463. The van der Waals surface area contributed by atoms with E-state index < -0.39 is 11.5 Å². The monoisotopic (exact) mass is 169 g/mol. The summed E-state index contributed by atoms with van der Waals surface area (Å²) < 4.78 is 1.68. The van der Waals surface area contributed by atoms with Crippen LogP contribution in [0.5, 0.6) is 0 Å². The lowest BCUT2D eigenvalue weighted by Crippen LogP contribution is -2.28. The van der Waals surface area contributed by atoms with Gasteiger partial charge in [-0.3, -0.25) is 4.79 Å². The fraction of sp³-hybridized carbons (Fsp3) is 0.571. The van der Waals surface area contributed by atoms with Gasteiger partial charge in [0, 0.05) is 0 Å². The van der Waals surface area contributed by atoms with Crippen molar-refractivity contribution in [1.82, 2.24) is 14.8 Å². The Morgan fingerprint density at radius 2 is 2.00 bits per heavy atom. The maximum atomic E-state index is 10.5. The molecule has 0 saturated carbocycles. The Hall–Kier alpha value is -1.39. The summed E-state index contributed by atoms with van der Waals surface area (Å²) in [6, 6.07) is 0. The van der Waals surface area contributed by atoms with Crippen LogP contribution in [0.2, 0.25) is 0 Å². The quantitative estimate of drug-likeness (QED) is 0.714. The average molecular weight is 169 g/mol. The first-order valence-electron chi connectivity index (χ1n) is 3.59. The van der Waals surface area contributed by atoms with Crippen LogP contribution in [0.1, 0.15) is 20.3 Å². The summed E-state index contributed by atoms with van der Waals surface area (Å²) in [7, 11) is 0. The van der Waals surface area contributed by atoms with Crippen LogP contribution in [-0.2, 0) is 10.3 Å². The third-order valence-corrected chi connectivity index (χ3v) is 1.70. The number of carboxylic acid groups (broad SMARTS) is 1. The van der Waals surface area contributed by atoms with Gasteiger partial charge in [-0.25, -0.2) is 0 Å². The average Bonchev–Trinajstić information content (AvgIpc) is 2.32. The summed E-state index contributed by atoms with van der Waals surface area (Å²) >= 11 is 0. The molecule has 0 fully saturated rings. The molecule has 0 unspecified atom stereocenters. The van der Waals surface area contributed by atoms with E-state index in [1.165, 1.54) is 12.7 Å². The fourth-order valence-corrected chi connectivity index (χ4v) is 0.975. The molecule has 1 aromatic heterocycles. The number of aromatic nitrogens is 3. The van der Waals surface area contributed by atoms with E-state index in [9.17, 15) is 4.79 Å². The second-order valence-electron chi connectivity index (χ2n) is 3.25. The summed E-state index contributed by atoms with van der Waals surface area (Å²) in [4.78, 5) is 10.5. The maximum absolute atomic E-state index is 10.5. The summed E-state index contributed by atoms with van der Waals surface area (Å²) in [5.74, 6) is -0.825. The van der Waals surface area contributed by atoms with E-state index in [1.807, 2.05) is 13.8 Å². The van der Waals surface area contributed by atoms with Gasteiger partial charge in [0.25, 0.3) is 0 Å². The van der Waals surface area contributed by atoms with Crippen LogP contribution in [0.15, 0.2) is 12.7 Å². The number of carboxylic acids is 1. The molecule has 0 aliphatic rings. The third-order valence-electron chi connectivity index (χ3n) is 1.70. The minimum absolute atomic E-state index is 0.0606. The lowest BCUT2D eigenvalue weighted by molar-refractivity contribution is -0.138. The van der Waals surface area contributed by atoms with Gasteiger partial charge in [-0.05, 0) is 13.8 Å². The van der Waals surface area contributed by atoms with E-state index in [0.717, 1.165) is 0 Å². The lowest BCUT2D eigenvalue weighted by Gasteiger charge is -2.23.